The second kappa shape index (κ2) is 8.24. The van der Waals surface area contributed by atoms with Crippen LogP contribution in [0.2, 0.25) is 0 Å². The fourth-order valence-electron chi connectivity index (χ4n) is 1.66. The molecule has 1 N–H and O–H groups in total. The third-order valence-corrected chi connectivity index (χ3v) is 3.34. The summed E-state index contributed by atoms with van der Waals surface area (Å²) in [7, 11) is -4.12. The Morgan fingerprint density at radius 1 is 1.22 bits per heavy atom. The maximum Gasteiger partial charge on any atom is 1.00 e. The van der Waals surface area contributed by atoms with Crippen LogP contribution in [0.4, 0.5) is 5.69 Å². The molecule has 5 nitrogen and oxygen atoms in total. The van der Waals surface area contributed by atoms with Gasteiger partial charge in [-0.1, -0.05) is 6.07 Å². The van der Waals surface area contributed by atoms with E-state index >= 15 is 0 Å². The largest absolute Gasteiger partial charge is 1.00 e. The standard InChI is InChI=1S/C10H13NO4S.2Na.2H/c12-16(13,14)10-3-1-2-9(8-10)11-4-6-15-7-5-11;;;;/h1-3,8H,4-7H2,(H,12,13,14);;;;/q;2*+1;2*-1. The van der Waals surface area contributed by atoms with E-state index in [1.165, 1.54) is 12.1 Å². The zero-order valence-electron chi connectivity index (χ0n) is 12.7. The number of anilines is 1. The summed E-state index contributed by atoms with van der Waals surface area (Å²) in [6.45, 7) is 2.73. The molecule has 1 saturated heterocycles. The van der Waals surface area contributed by atoms with Crippen LogP contribution in [-0.2, 0) is 14.9 Å². The Balaban J connectivity index is -0.000000722. The minimum Gasteiger partial charge on any atom is -1.00 e. The van der Waals surface area contributed by atoms with Gasteiger partial charge in [0.2, 0.25) is 0 Å². The summed E-state index contributed by atoms with van der Waals surface area (Å²) in [4.78, 5) is 1.95. The van der Waals surface area contributed by atoms with E-state index in [0.29, 0.717) is 13.2 Å². The first-order valence-corrected chi connectivity index (χ1v) is 6.41. The van der Waals surface area contributed by atoms with Crippen LogP contribution in [-0.4, -0.2) is 39.3 Å². The molecule has 0 aliphatic carbocycles. The minimum atomic E-state index is -4.12. The molecule has 1 fully saturated rings. The molecule has 92 valence electrons. The van der Waals surface area contributed by atoms with E-state index in [-0.39, 0.29) is 66.9 Å². The van der Waals surface area contributed by atoms with Crippen LogP contribution in [0.5, 0.6) is 0 Å². The number of hydrogen-bond donors (Lipinski definition) is 1. The van der Waals surface area contributed by atoms with Gasteiger partial charge in [-0.2, -0.15) is 8.42 Å². The van der Waals surface area contributed by atoms with E-state index in [9.17, 15) is 8.42 Å². The molecule has 1 aliphatic heterocycles. The van der Waals surface area contributed by atoms with Crippen LogP contribution in [0.15, 0.2) is 29.2 Å². The van der Waals surface area contributed by atoms with Crippen molar-refractivity contribution in [2.24, 2.45) is 0 Å². The van der Waals surface area contributed by atoms with Gasteiger partial charge >= 0.3 is 59.1 Å². The Kier molecular flexibility index (Phi) is 8.65. The van der Waals surface area contributed by atoms with Gasteiger partial charge in [-0.15, -0.1) is 0 Å². The molecule has 1 aliphatic rings. The Hall–Kier alpha value is 0.890. The van der Waals surface area contributed by atoms with E-state index in [4.69, 9.17) is 9.29 Å². The zero-order chi connectivity index (χ0) is 11.6. The molecule has 1 aromatic rings. The smallest absolute Gasteiger partial charge is 1.00 e. The summed E-state index contributed by atoms with van der Waals surface area (Å²) in [5.74, 6) is 0. The molecule has 0 aromatic heterocycles. The van der Waals surface area contributed by atoms with Crippen molar-refractivity contribution >= 4 is 15.8 Å². The molecule has 2 rings (SSSR count). The molecule has 1 heterocycles. The van der Waals surface area contributed by atoms with Gasteiger partial charge < -0.3 is 12.5 Å². The van der Waals surface area contributed by atoms with Gasteiger partial charge in [-0.25, -0.2) is 0 Å². The van der Waals surface area contributed by atoms with Crippen LogP contribution in [0.3, 0.4) is 0 Å². The van der Waals surface area contributed by atoms with Crippen molar-refractivity contribution in [3.63, 3.8) is 0 Å². The third-order valence-electron chi connectivity index (χ3n) is 2.49. The summed E-state index contributed by atoms with van der Waals surface area (Å²) in [5.41, 5.74) is 0.790. The molecule has 8 heteroatoms. The number of rotatable bonds is 2. The Morgan fingerprint density at radius 2 is 1.83 bits per heavy atom. The summed E-state index contributed by atoms with van der Waals surface area (Å²) < 4.78 is 36.1. The monoisotopic (exact) mass is 291 g/mol. The molecule has 1 aromatic carbocycles. The molecular weight excluding hydrogens is 276 g/mol. The van der Waals surface area contributed by atoms with Gasteiger partial charge in [-0.05, 0) is 18.2 Å². The molecule has 0 amide bonds. The van der Waals surface area contributed by atoms with Crippen LogP contribution in [0.1, 0.15) is 2.85 Å². The first-order chi connectivity index (χ1) is 7.57. The fourth-order valence-corrected chi connectivity index (χ4v) is 2.18. The van der Waals surface area contributed by atoms with Crippen molar-refractivity contribution in [1.29, 1.82) is 0 Å². The molecule has 0 atom stereocenters. The average Bonchev–Trinajstić information content (AvgIpc) is 2.29. The Labute approximate surface area is 154 Å². The van der Waals surface area contributed by atoms with Gasteiger partial charge in [0.1, 0.15) is 0 Å². The molecule has 18 heavy (non-hydrogen) atoms. The molecule has 0 saturated carbocycles. The van der Waals surface area contributed by atoms with Gasteiger partial charge in [-0.3, -0.25) is 4.55 Å². The van der Waals surface area contributed by atoms with E-state index in [2.05, 4.69) is 0 Å². The number of morpholine rings is 1. The minimum absolute atomic E-state index is 0. The van der Waals surface area contributed by atoms with Gasteiger partial charge in [0.15, 0.2) is 0 Å². The Bertz CT molecular complexity index is 484. The topological polar surface area (TPSA) is 66.8 Å². The van der Waals surface area contributed by atoms with Crippen LogP contribution < -0.4 is 64.0 Å². The third kappa shape index (κ3) is 5.11. The normalized spacial score (nSPS) is 15.5. The first-order valence-electron chi connectivity index (χ1n) is 4.97. The number of benzene rings is 1. The van der Waals surface area contributed by atoms with E-state index in [1.54, 1.807) is 6.07 Å². The van der Waals surface area contributed by atoms with Crippen LogP contribution >= 0.6 is 0 Å². The maximum absolute atomic E-state index is 11.0. The van der Waals surface area contributed by atoms with Crippen molar-refractivity contribution in [1.82, 2.24) is 0 Å². The summed E-state index contributed by atoms with van der Waals surface area (Å²) in [6.07, 6.45) is 0. The van der Waals surface area contributed by atoms with Crippen molar-refractivity contribution < 1.29 is 79.7 Å². The van der Waals surface area contributed by atoms with Crippen LogP contribution in [0, 0.1) is 0 Å². The molecule has 0 bridgehead atoms. The average molecular weight is 291 g/mol. The number of nitrogens with zero attached hydrogens (tertiary/aromatic N) is 1. The van der Waals surface area contributed by atoms with Crippen molar-refractivity contribution in [3.05, 3.63) is 24.3 Å². The quantitative estimate of drug-likeness (QED) is 0.437. The van der Waals surface area contributed by atoms with Crippen molar-refractivity contribution in [2.75, 3.05) is 31.2 Å². The number of ether oxygens (including phenoxy) is 1. The molecule has 0 spiro atoms. The van der Waals surface area contributed by atoms with Crippen molar-refractivity contribution in [2.45, 2.75) is 4.90 Å². The predicted octanol–water partition coefficient (Wildman–Crippen LogP) is -5.00. The summed E-state index contributed by atoms with van der Waals surface area (Å²) in [5, 5.41) is 0. The molecule has 0 unspecified atom stereocenters. The van der Waals surface area contributed by atoms with Crippen molar-refractivity contribution in [3.8, 4) is 0 Å². The van der Waals surface area contributed by atoms with Gasteiger partial charge in [0, 0.05) is 18.8 Å². The van der Waals surface area contributed by atoms with Gasteiger partial charge in [0.05, 0.1) is 18.1 Å². The van der Waals surface area contributed by atoms with E-state index < -0.39 is 10.1 Å². The molecule has 0 radical (unpaired) electrons. The SMILES string of the molecule is O=S(=O)(O)c1cccc(N2CCOCC2)c1.[H-].[H-].[Na+].[Na+]. The second-order valence-corrected chi connectivity index (χ2v) is 4.99. The Morgan fingerprint density at radius 3 is 2.39 bits per heavy atom. The number of hydrogen-bond acceptors (Lipinski definition) is 4. The summed E-state index contributed by atoms with van der Waals surface area (Å²) >= 11 is 0. The van der Waals surface area contributed by atoms with E-state index in [0.717, 1.165) is 18.8 Å². The first kappa shape index (κ1) is 18.9. The fraction of sp³-hybridized carbons (Fsp3) is 0.400. The molecular formula is C10H15NNa2O4S. The maximum atomic E-state index is 11.0. The summed E-state index contributed by atoms with van der Waals surface area (Å²) in [6, 6.07) is 6.29. The van der Waals surface area contributed by atoms with E-state index in [1.807, 2.05) is 11.0 Å². The van der Waals surface area contributed by atoms with Crippen LogP contribution in [0.25, 0.3) is 0 Å². The van der Waals surface area contributed by atoms with Gasteiger partial charge in [0.25, 0.3) is 10.1 Å². The second-order valence-electron chi connectivity index (χ2n) is 3.57. The zero-order valence-corrected chi connectivity index (χ0v) is 15.5. The predicted molar refractivity (Wildman–Crippen MR) is 61.5 cm³/mol.